The minimum atomic E-state index is -0.391. The highest BCUT2D eigenvalue weighted by Crippen LogP contribution is 2.35. The number of hydrogen-bond acceptors (Lipinski definition) is 5. The molecule has 1 aliphatic heterocycles. The van der Waals surface area contributed by atoms with Crippen LogP contribution in [0.1, 0.15) is 18.3 Å². The maximum absolute atomic E-state index is 15.8. The van der Waals surface area contributed by atoms with Gasteiger partial charge in [0.05, 0.1) is 5.39 Å². The van der Waals surface area contributed by atoms with Crippen molar-refractivity contribution >= 4 is 27.5 Å². The Bertz CT molecular complexity index is 1260. The quantitative estimate of drug-likeness (QED) is 0.540. The number of rotatable bonds is 2. The van der Waals surface area contributed by atoms with Gasteiger partial charge in [-0.3, -0.25) is 4.98 Å². The Labute approximate surface area is 175 Å². The highest BCUT2D eigenvalue weighted by atomic mass is 19.1. The van der Waals surface area contributed by atoms with Gasteiger partial charge in [-0.05, 0) is 37.1 Å². The first-order valence-corrected chi connectivity index (χ1v) is 10.3. The standard InChI is InChI=1S/C24H24FN5/c1-14-6-4-7-17-8-5-9-18(20(14)17)22-21(25)23-19(12-27-22)24(29-16(3)28-23)30-11-10-26-15(2)13-30/h4-9,12,15,26H,10-11,13H2,1-3H3/t15-/m0/s1. The Morgan fingerprint density at radius 2 is 1.90 bits per heavy atom. The zero-order valence-electron chi connectivity index (χ0n) is 17.4. The van der Waals surface area contributed by atoms with E-state index in [-0.39, 0.29) is 0 Å². The van der Waals surface area contributed by atoms with Gasteiger partial charge in [-0.25, -0.2) is 14.4 Å². The summed E-state index contributed by atoms with van der Waals surface area (Å²) in [6.45, 7) is 8.51. The molecule has 4 aromatic rings. The molecule has 2 aromatic heterocycles. The average Bonchev–Trinajstić information content (AvgIpc) is 2.74. The van der Waals surface area contributed by atoms with E-state index in [4.69, 9.17) is 0 Å². The number of nitrogens with one attached hydrogen (secondary N) is 1. The molecular formula is C24H24FN5. The molecule has 1 aliphatic rings. The van der Waals surface area contributed by atoms with Crippen molar-refractivity contribution < 1.29 is 4.39 Å². The summed E-state index contributed by atoms with van der Waals surface area (Å²) in [7, 11) is 0. The third-order valence-corrected chi connectivity index (χ3v) is 5.81. The van der Waals surface area contributed by atoms with Gasteiger partial charge in [-0.1, -0.05) is 36.4 Å². The number of aryl methyl sites for hydroxylation is 2. The molecule has 1 N–H and O–H groups in total. The molecule has 3 heterocycles. The topological polar surface area (TPSA) is 53.9 Å². The van der Waals surface area contributed by atoms with Crippen molar-refractivity contribution in [3.63, 3.8) is 0 Å². The van der Waals surface area contributed by atoms with Gasteiger partial charge >= 0.3 is 0 Å². The zero-order chi connectivity index (χ0) is 20.8. The van der Waals surface area contributed by atoms with Crippen molar-refractivity contribution in [2.75, 3.05) is 24.5 Å². The minimum absolute atomic E-state index is 0.333. The number of hydrogen-bond donors (Lipinski definition) is 1. The first-order chi connectivity index (χ1) is 14.5. The second-order valence-electron chi connectivity index (χ2n) is 8.06. The molecule has 0 radical (unpaired) electrons. The Morgan fingerprint density at radius 1 is 1.10 bits per heavy atom. The number of benzene rings is 2. The van der Waals surface area contributed by atoms with E-state index in [1.165, 1.54) is 0 Å². The van der Waals surface area contributed by atoms with Gasteiger partial charge in [0.1, 0.15) is 22.9 Å². The van der Waals surface area contributed by atoms with Crippen LogP contribution in [-0.2, 0) is 0 Å². The summed E-state index contributed by atoms with van der Waals surface area (Å²) in [4.78, 5) is 15.9. The summed E-state index contributed by atoms with van der Waals surface area (Å²) in [6, 6.07) is 12.4. The highest BCUT2D eigenvalue weighted by Gasteiger charge is 2.23. The normalized spacial score (nSPS) is 17.1. The monoisotopic (exact) mass is 401 g/mol. The van der Waals surface area contributed by atoms with Gasteiger partial charge in [0.15, 0.2) is 5.82 Å². The summed E-state index contributed by atoms with van der Waals surface area (Å²) >= 11 is 0. The van der Waals surface area contributed by atoms with Crippen LogP contribution < -0.4 is 10.2 Å². The lowest BCUT2D eigenvalue weighted by Gasteiger charge is -2.33. The van der Waals surface area contributed by atoms with Crippen LogP contribution in [0.4, 0.5) is 10.2 Å². The van der Waals surface area contributed by atoms with E-state index < -0.39 is 5.82 Å². The third kappa shape index (κ3) is 3.08. The van der Waals surface area contributed by atoms with Crippen molar-refractivity contribution in [1.29, 1.82) is 0 Å². The number of pyridine rings is 1. The van der Waals surface area contributed by atoms with Crippen LogP contribution in [0.3, 0.4) is 0 Å². The van der Waals surface area contributed by atoms with Crippen LogP contribution in [0, 0.1) is 19.7 Å². The zero-order valence-corrected chi connectivity index (χ0v) is 17.4. The van der Waals surface area contributed by atoms with Gasteiger partial charge in [0.2, 0.25) is 0 Å². The van der Waals surface area contributed by atoms with Crippen LogP contribution in [0.2, 0.25) is 0 Å². The number of aromatic nitrogens is 3. The third-order valence-electron chi connectivity index (χ3n) is 5.81. The van der Waals surface area contributed by atoms with Crippen LogP contribution >= 0.6 is 0 Å². The van der Waals surface area contributed by atoms with E-state index in [0.717, 1.165) is 47.4 Å². The van der Waals surface area contributed by atoms with E-state index in [0.29, 0.717) is 28.5 Å². The summed E-state index contributed by atoms with van der Waals surface area (Å²) in [5.41, 5.74) is 2.55. The maximum atomic E-state index is 15.8. The molecule has 1 fully saturated rings. The fourth-order valence-electron chi connectivity index (χ4n) is 4.43. The number of anilines is 1. The van der Waals surface area contributed by atoms with E-state index in [1.807, 2.05) is 50.2 Å². The van der Waals surface area contributed by atoms with E-state index in [2.05, 4.69) is 32.1 Å². The van der Waals surface area contributed by atoms with Crippen molar-refractivity contribution in [3.8, 4) is 11.3 Å². The van der Waals surface area contributed by atoms with Crippen molar-refractivity contribution in [2.45, 2.75) is 26.8 Å². The lowest BCUT2D eigenvalue weighted by Crippen LogP contribution is -2.49. The van der Waals surface area contributed by atoms with Crippen LogP contribution in [0.5, 0.6) is 0 Å². The molecule has 5 nitrogen and oxygen atoms in total. The molecule has 6 heteroatoms. The van der Waals surface area contributed by atoms with Gasteiger partial charge < -0.3 is 10.2 Å². The fraction of sp³-hybridized carbons (Fsp3) is 0.292. The first kappa shape index (κ1) is 18.9. The Morgan fingerprint density at radius 3 is 2.70 bits per heavy atom. The van der Waals surface area contributed by atoms with Crippen LogP contribution in [0.25, 0.3) is 32.9 Å². The fourth-order valence-corrected chi connectivity index (χ4v) is 4.43. The lowest BCUT2D eigenvalue weighted by atomic mass is 9.97. The van der Waals surface area contributed by atoms with Crippen molar-refractivity contribution in [2.24, 2.45) is 0 Å². The van der Waals surface area contributed by atoms with Gasteiger partial charge in [-0.2, -0.15) is 0 Å². The number of nitrogens with zero attached hydrogens (tertiary/aromatic N) is 4. The second-order valence-corrected chi connectivity index (χ2v) is 8.06. The molecule has 30 heavy (non-hydrogen) atoms. The maximum Gasteiger partial charge on any atom is 0.175 e. The molecule has 5 rings (SSSR count). The Kier molecular flexibility index (Phi) is 4.59. The molecular weight excluding hydrogens is 377 g/mol. The molecule has 0 unspecified atom stereocenters. The highest BCUT2D eigenvalue weighted by molar-refractivity contribution is 6.00. The number of halogens is 1. The lowest BCUT2D eigenvalue weighted by molar-refractivity contribution is 0.483. The van der Waals surface area contributed by atoms with E-state index in [1.54, 1.807) is 6.20 Å². The molecule has 152 valence electrons. The molecule has 1 saturated heterocycles. The Hall–Kier alpha value is -3.12. The number of piperazine rings is 1. The molecule has 0 spiro atoms. The van der Waals surface area contributed by atoms with E-state index >= 15 is 4.39 Å². The minimum Gasteiger partial charge on any atom is -0.353 e. The SMILES string of the molecule is Cc1nc(N2CCN[C@@H](C)C2)c2cnc(-c3cccc4cccc(C)c34)c(F)c2n1. The predicted octanol–water partition coefficient (Wildman–Crippen LogP) is 4.40. The second kappa shape index (κ2) is 7.29. The molecule has 0 bridgehead atoms. The van der Waals surface area contributed by atoms with E-state index in [9.17, 15) is 0 Å². The smallest absolute Gasteiger partial charge is 0.175 e. The summed E-state index contributed by atoms with van der Waals surface area (Å²) in [5.74, 6) is 0.935. The van der Waals surface area contributed by atoms with Crippen molar-refractivity contribution in [1.82, 2.24) is 20.3 Å². The van der Waals surface area contributed by atoms with Crippen molar-refractivity contribution in [3.05, 3.63) is 59.8 Å². The summed E-state index contributed by atoms with van der Waals surface area (Å²) in [5, 5.41) is 6.19. The molecule has 0 aliphatic carbocycles. The predicted molar refractivity (Wildman–Crippen MR) is 119 cm³/mol. The van der Waals surface area contributed by atoms with Crippen LogP contribution in [-0.4, -0.2) is 40.6 Å². The Balaban J connectivity index is 1.73. The van der Waals surface area contributed by atoms with Crippen LogP contribution in [0.15, 0.2) is 42.6 Å². The first-order valence-electron chi connectivity index (χ1n) is 10.3. The molecule has 1 atom stereocenters. The largest absolute Gasteiger partial charge is 0.353 e. The van der Waals surface area contributed by atoms with Gasteiger partial charge in [0.25, 0.3) is 0 Å². The van der Waals surface area contributed by atoms with Gasteiger partial charge in [0, 0.05) is 37.4 Å². The molecule has 0 saturated carbocycles. The molecule has 2 aromatic carbocycles. The average molecular weight is 401 g/mol. The number of fused-ring (bicyclic) bond motifs is 2. The summed E-state index contributed by atoms with van der Waals surface area (Å²) in [6.07, 6.45) is 1.73. The van der Waals surface area contributed by atoms with Gasteiger partial charge in [-0.15, -0.1) is 0 Å². The summed E-state index contributed by atoms with van der Waals surface area (Å²) < 4.78 is 15.8. The molecule has 0 amide bonds.